The van der Waals surface area contributed by atoms with E-state index in [1.54, 1.807) is 12.1 Å². The number of halogens is 1. The first-order chi connectivity index (χ1) is 17.4. The summed E-state index contributed by atoms with van der Waals surface area (Å²) in [4.78, 5) is 20.4. The molecule has 4 rings (SSSR count). The Kier molecular flexibility index (Phi) is 8.55. The van der Waals surface area contributed by atoms with Crippen molar-refractivity contribution in [1.29, 1.82) is 0 Å². The lowest BCUT2D eigenvalue weighted by molar-refractivity contribution is 0.0192. The molecule has 3 aromatic rings. The molecule has 0 radical (unpaired) electrons. The predicted molar refractivity (Wildman–Crippen MR) is 144 cm³/mol. The molecule has 1 heterocycles. The molecular formula is C31H38FN3O. The fourth-order valence-electron chi connectivity index (χ4n) is 5.47. The Morgan fingerprint density at radius 1 is 0.917 bits per heavy atom. The number of carbonyl (C=O) groups is 1. The Morgan fingerprint density at radius 2 is 1.61 bits per heavy atom. The quantitative estimate of drug-likeness (QED) is 0.390. The molecule has 0 N–H and O–H groups in total. The van der Waals surface area contributed by atoms with Crippen LogP contribution in [0.15, 0.2) is 78.9 Å². The van der Waals surface area contributed by atoms with E-state index in [0.717, 1.165) is 36.3 Å². The van der Waals surface area contributed by atoms with Crippen molar-refractivity contribution in [3.05, 3.63) is 107 Å². The van der Waals surface area contributed by atoms with Crippen LogP contribution in [-0.2, 0) is 6.54 Å². The maximum absolute atomic E-state index is 13.8. The summed E-state index contributed by atoms with van der Waals surface area (Å²) in [5.74, 6) is -0.104. The van der Waals surface area contributed by atoms with E-state index in [2.05, 4.69) is 54.0 Å². The van der Waals surface area contributed by atoms with Crippen LogP contribution in [0.2, 0.25) is 0 Å². The summed E-state index contributed by atoms with van der Waals surface area (Å²) < 4.78 is 13.8. The Balaban J connectivity index is 1.68. The van der Waals surface area contributed by atoms with Crippen molar-refractivity contribution in [2.75, 3.05) is 26.2 Å². The molecule has 0 aliphatic carbocycles. The molecule has 3 aromatic carbocycles. The van der Waals surface area contributed by atoms with Gasteiger partial charge in [-0.3, -0.25) is 14.6 Å². The maximum Gasteiger partial charge on any atom is 0.254 e. The molecule has 1 aliphatic rings. The lowest BCUT2D eigenvalue weighted by atomic mass is 9.90. The molecule has 0 bridgehead atoms. The van der Waals surface area contributed by atoms with Crippen LogP contribution in [0.4, 0.5) is 4.39 Å². The van der Waals surface area contributed by atoms with Crippen LogP contribution >= 0.6 is 0 Å². The first-order valence-electron chi connectivity index (χ1n) is 13.1. The number of nitrogens with zero attached hydrogens (tertiary/aromatic N) is 3. The maximum atomic E-state index is 13.8. The third-order valence-electron chi connectivity index (χ3n) is 7.42. The zero-order chi connectivity index (χ0) is 25.7. The van der Waals surface area contributed by atoms with Crippen molar-refractivity contribution in [3.63, 3.8) is 0 Å². The van der Waals surface area contributed by atoms with E-state index in [1.165, 1.54) is 11.6 Å². The van der Waals surface area contributed by atoms with Gasteiger partial charge in [-0.05, 0) is 62.6 Å². The van der Waals surface area contributed by atoms with Gasteiger partial charge in [0, 0.05) is 50.4 Å². The SMILES string of the molecule is CCN(CC)C(=O)c1ccccc1[C@H](c1ccccc1)N1C[C@H](C)N(Cc2cccc(F)c2)C[C@H]1C. The number of carbonyl (C=O) groups excluding carboxylic acids is 1. The number of piperazine rings is 1. The van der Waals surface area contributed by atoms with Crippen molar-refractivity contribution in [2.24, 2.45) is 0 Å². The molecule has 5 heteroatoms. The molecule has 3 atom stereocenters. The Labute approximate surface area is 215 Å². The third kappa shape index (κ3) is 5.69. The smallest absolute Gasteiger partial charge is 0.254 e. The Hall–Kier alpha value is -3.02. The summed E-state index contributed by atoms with van der Waals surface area (Å²) >= 11 is 0. The number of hydrogen-bond donors (Lipinski definition) is 0. The molecule has 0 aromatic heterocycles. The second-order valence-corrected chi connectivity index (χ2v) is 9.83. The van der Waals surface area contributed by atoms with Crippen molar-refractivity contribution in [1.82, 2.24) is 14.7 Å². The third-order valence-corrected chi connectivity index (χ3v) is 7.42. The number of rotatable bonds is 8. The lowest BCUT2D eigenvalue weighted by Gasteiger charge is -2.48. The average molecular weight is 488 g/mol. The minimum absolute atomic E-state index is 0.0318. The van der Waals surface area contributed by atoms with Gasteiger partial charge >= 0.3 is 0 Å². The van der Waals surface area contributed by atoms with E-state index in [0.29, 0.717) is 13.1 Å². The van der Waals surface area contributed by atoms with E-state index in [1.807, 2.05) is 49.1 Å². The predicted octanol–water partition coefficient (Wildman–Crippen LogP) is 5.99. The van der Waals surface area contributed by atoms with Crippen LogP contribution in [0.3, 0.4) is 0 Å². The van der Waals surface area contributed by atoms with E-state index in [-0.39, 0.29) is 29.8 Å². The average Bonchev–Trinajstić information content (AvgIpc) is 2.88. The van der Waals surface area contributed by atoms with Gasteiger partial charge in [-0.2, -0.15) is 0 Å². The molecule has 1 aliphatic heterocycles. The largest absolute Gasteiger partial charge is 0.339 e. The molecular weight excluding hydrogens is 449 g/mol. The first-order valence-corrected chi connectivity index (χ1v) is 13.1. The van der Waals surface area contributed by atoms with Crippen LogP contribution in [-0.4, -0.2) is 58.9 Å². The van der Waals surface area contributed by atoms with E-state index in [4.69, 9.17) is 0 Å². The van der Waals surface area contributed by atoms with Crippen LogP contribution in [0.1, 0.15) is 60.8 Å². The van der Waals surface area contributed by atoms with Gasteiger partial charge in [0.15, 0.2) is 0 Å². The minimum atomic E-state index is -0.189. The van der Waals surface area contributed by atoms with Crippen LogP contribution in [0.25, 0.3) is 0 Å². The van der Waals surface area contributed by atoms with Gasteiger partial charge in [-0.1, -0.05) is 60.7 Å². The molecule has 0 spiro atoms. The van der Waals surface area contributed by atoms with Crippen molar-refractivity contribution < 1.29 is 9.18 Å². The second kappa shape index (κ2) is 11.8. The van der Waals surface area contributed by atoms with Gasteiger partial charge in [0.05, 0.1) is 6.04 Å². The highest BCUT2D eigenvalue weighted by Crippen LogP contribution is 2.35. The van der Waals surface area contributed by atoms with E-state index < -0.39 is 0 Å². The first kappa shape index (κ1) is 26.1. The van der Waals surface area contributed by atoms with Crippen LogP contribution in [0.5, 0.6) is 0 Å². The Bertz CT molecular complexity index is 1150. The van der Waals surface area contributed by atoms with Gasteiger partial charge < -0.3 is 4.90 Å². The fourth-order valence-corrected chi connectivity index (χ4v) is 5.47. The van der Waals surface area contributed by atoms with Gasteiger partial charge in [0.25, 0.3) is 5.91 Å². The molecule has 1 fully saturated rings. The van der Waals surface area contributed by atoms with Crippen LogP contribution < -0.4 is 0 Å². The molecule has 0 saturated carbocycles. The second-order valence-electron chi connectivity index (χ2n) is 9.83. The van der Waals surface area contributed by atoms with E-state index in [9.17, 15) is 9.18 Å². The Morgan fingerprint density at radius 3 is 2.31 bits per heavy atom. The molecule has 4 nitrogen and oxygen atoms in total. The number of hydrogen-bond acceptors (Lipinski definition) is 3. The molecule has 36 heavy (non-hydrogen) atoms. The van der Waals surface area contributed by atoms with Gasteiger partial charge in [0.2, 0.25) is 0 Å². The van der Waals surface area contributed by atoms with Crippen molar-refractivity contribution >= 4 is 5.91 Å². The standard InChI is InChI=1S/C31H38FN3O/c1-5-33(6-2)31(36)29-18-11-10-17-28(29)30(26-14-8-7-9-15-26)35-21-23(3)34(20-24(35)4)22-25-13-12-16-27(32)19-25/h7-19,23-24,30H,5-6,20-22H2,1-4H3/t23-,24+,30-/m0/s1. The summed E-state index contributed by atoms with van der Waals surface area (Å²) in [6, 6.07) is 26.0. The monoisotopic (exact) mass is 487 g/mol. The fraction of sp³-hybridized carbons (Fsp3) is 0.387. The van der Waals surface area contributed by atoms with Crippen molar-refractivity contribution in [3.8, 4) is 0 Å². The van der Waals surface area contributed by atoms with E-state index >= 15 is 0 Å². The summed E-state index contributed by atoms with van der Waals surface area (Å²) in [5.41, 5.74) is 4.02. The zero-order valence-electron chi connectivity index (χ0n) is 21.9. The minimum Gasteiger partial charge on any atom is -0.339 e. The van der Waals surface area contributed by atoms with Crippen molar-refractivity contribution in [2.45, 2.75) is 52.4 Å². The zero-order valence-corrected chi connectivity index (χ0v) is 21.9. The summed E-state index contributed by atoms with van der Waals surface area (Å²) in [6.45, 7) is 12.4. The normalized spacial score (nSPS) is 19.7. The molecule has 1 amide bonds. The van der Waals surface area contributed by atoms with Crippen LogP contribution in [0, 0.1) is 5.82 Å². The van der Waals surface area contributed by atoms with Gasteiger partial charge in [-0.15, -0.1) is 0 Å². The van der Waals surface area contributed by atoms with Gasteiger partial charge in [-0.25, -0.2) is 4.39 Å². The number of benzene rings is 3. The highest BCUT2D eigenvalue weighted by molar-refractivity contribution is 5.96. The van der Waals surface area contributed by atoms with Gasteiger partial charge in [0.1, 0.15) is 5.82 Å². The molecule has 1 saturated heterocycles. The topological polar surface area (TPSA) is 26.8 Å². The summed E-state index contributed by atoms with van der Waals surface area (Å²) in [5, 5.41) is 0. The summed E-state index contributed by atoms with van der Waals surface area (Å²) in [7, 11) is 0. The highest BCUT2D eigenvalue weighted by Gasteiger charge is 2.36. The highest BCUT2D eigenvalue weighted by atomic mass is 19.1. The molecule has 0 unspecified atom stereocenters. The summed E-state index contributed by atoms with van der Waals surface area (Å²) in [6.07, 6.45) is 0. The number of amides is 1. The molecule has 190 valence electrons. The lowest BCUT2D eigenvalue weighted by Crippen LogP contribution is -2.57.